The van der Waals surface area contributed by atoms with Crippen LogP contribution in [0.2, 0.25) is 0 Å². The molecule has 0 spiro atoms. The number of hydrogen-bond acceptors (Lipinski definition) is 3. The molecule has 0 heterocycles. The lowest BCUT2D eigenvalue weighted by molar-refractivity contribution is -0.0424. The summed E-state index contributed by atoms with van der Waals surface area (Å²) in [4.78, 5) is 10.9. The second kappa shape index (κ2) is 6.35. The minimum absolute atomic E-state index is 0.0208. The van der Waals surface area contributed by atoms with Gasteiger partial charge in [-0.1, -0.05) is 26.0 Å². The van der Waals surface area contributed by atoms with Crippen molar-refractivity contribution in [3.05, 3.63) is 35.6 Å². The highest BCUT2D eigenvalue weighted by molar-refractivity contribution is 5.64. The zero-order valence-corrected chi connectivity index (χ0v) is 10.7. The van der Waals surface area contributed by atoms with E-state index < -0.39 is 18.3 Å². The highest BCUT2D eigenvalue weighted by Crippen LogP contribution is 2.27. The molecule has 1 aromatic rings. The van der Waals surface area contributed by atoms with Crippen LogP contribution in [0.4, 0.5) is 9.18 Å². The van der Waals surface area contributed by atoms with Gasteiger partial charge in [-0.05, 0) is 23.6 Å². The van der Waals surface area contributed by atoms with Crippen LogP contribution in [0.5, 0.6) is 0 Å². The maximum absolute atomic E-state index is 12.9. The molecule has 2 N–H and O–H groups in total. The van der Waals surface area contributed by atoms with Crippen molar-refractivity contribution < 1.29 is 18.7 Å². The Kier molecular flexibility index (Phi) is 5.09. The van der Waals surface area contributed by atoms with Gasteiger partial charge in [-0.3, -0.25) is 0 Å². The molecular formula is C13H18FNO3. The molecule has 0 aliphatic rings. The minimum Gasteiger partial charge on any atom is -0.443 e. The first-order valence-electron chi connectivity index (χ1n) is 5.70. The lowest BCUT2D eigenvalue weighted by Gasteiger charge is -2.28. The molecule has 0 saturated heterocycles. The van der Waals surface area contributed by atoms with E-state index in [1.54, 1.807) is 12.1 Å². The fourth-order valence-corrected chi connectivity index (χ4v) is 1.79. The van der Waals surface area contributed by atoms with Gasteiger partial charge in [0.15, 0.2) is 0 Å². The van der Waals surface area contributed by atoms with E-state index in [0.29, 0.717) is 0 Å². The van der Waals surface area contributed by atoms with Crippen molar-refractivity contribution in [3.8, 4) is 0 Å². The van der Waals surface area contributed by atoms with Crippen molar-refractivity contribution in [2.45, 2.75) is 26.1 Å². The van der Waals surface area contributed by atoms with Gasteiger partial charge >= 0.3 is 6.09 Å². The van der Waals surface area contributed by atoms with Gasteiger partial charge in [0, 0.05) is 7.11 Å². The van der Waals surface area contributed by atoms with Crippen LogP contribution in [0, 0.1) is 11.7 Å². The lowest BCUT2D eigenvalue weighted by Crippen LogP contribution is -2.33. The molecule has 0 aliphatic heterocycles. The summed E-state index contributed by atoms with van der Waals surface area (Å²) in [5, 5.41) is 0. The van der Waals surface area contributed by atoms with E-state index in [0.717, 1.165) is 5.56 Å². The zero-order chi connectivity index (χ0) is 13.7. The van der Waals surface area contributed by atoms with Crippen LogP contribution >= 0.6 is 0 Å². The first-order chi connectivity index (χ1) is 8.45. The zero-order valence-electron chi connectivity index (χ0n) is 10.7. The Bertz CT molecular complexity index is 392. The Labute approximate surface area is 106 Å². The first-order valence-corrected chi connectivity index (χ1v) is 5.70. The minimum atomic E-state index is -0.849. The maximum Gasteiger partial charge on any atom is 0.404 e. The summed E-state index contributed by atoms with van der Waals surface area (Å²) in [5.74, 6) is -0.307. The second-order valence-corrected chi connectivity index (χ2v) is 4.35. The molecule has 1 rings (SSSR count). The highest BCUT2D eigenvalue weighted by Gasteiger charge is 2.29. The van der Waals surface area contributed by atoms with Crippen molar-refractivity contribution in [3.63, 3.8) is 0 Å². The third-order valence-electron chi connectivity index (χ3n) is 2.66. The van der Waals surface area contributed by atoms with Gasteiger partial charge in [-0.2, -0.15) is 0 Å². The predicted octanol–water partition coefficient (Wildman–Crippen LogP) is 2.63. The monoisotopic (exact) mass is 255 g/mol. The van der Waals surface area contributed by atoms with Crippen LogP contribution in [0.1, 0.15) is 25.5 Å². The van der Waals surface area contributed by atoms with Crippen LogP contribution in [0.25, 0.3) is 0 Å². The summed E-state index contributed by atoms with van der Waals surface area (Å²) < 4.78 is 23.3. The number of halogens is 1. The molecule has 0 saturated carbocycles. The molecule has 1 aromatic carbocycles. The average Bonchev–Trinajstić information content (AvgIpc) is 2.30. The number of hydrogen-bond donors (Lipinski definition) is 1. The van der Waals surface area contributed by atoms with E-state index in [1.165, 1.54) is 19.2 Å². The molecular weight excluding hydrogens is 237 g/mol. The molecule has 0 fully saturated rings. The van der Waals surface area contributed by atoms with Crippen LogP contribution in [-0.4, -0.2) is 19.3 Å². The molecule has 0 aliphatic carbocycles. The fourth-order valence-electron chi connectivity index (χ4n) is 1.79. The Morgan fingerprint density at radius 2 is 1.83 bits per heavy atom. The molecule has 0 aromatic heterocycles. The molecule has 1 amide bonds. The number of amides is 1. The number of methoxy groups -OCH3 is 1. The number of benzene rings is 1. The summed E-state index contributed by atoms with van der Waals surface area (Å²) in [6.07, 6.45) is -1.84. The van der Waals surface area contributed by atoms with Gasteiger partial charge in [-0.25, -0.2) is 9.18 Å². The van der Waals surface area contributed by atoms with Gasteiger partial charge in [0.1, 0.15) is 18.0 Å². The predicted molar refractivity (Wildman–Crippen MR) is 65.4 cm³/mol. The Morgan fingerprint density at radius 3 is 2.22 bits per heavy atom. The van der Waals surface area contributed by atoms with Crippen LogP contribution in [0.15, 0.2) is 24.3 Å². The highest BCUT2D eigenvalue weighted by atomic mass is 19.1. The maximum atomic E-state index is 12.9. The van der Waals surface area contributed by atoms with Crippen LogP contribution < -0.4 is 5.73 Å². The van der Waals surface area contributed by atoms with Gasteiger partial charge in [-0.15, -0.1) is 0 Å². The lowest BCUT2D eigenvalue weighted by atomic mass is 9.96. The molecule has 5 heteroatoms. The number of nitrogens with two attached hydrogens (primary N) is 1. The molecule has 100 valence electrons. The van der Waals surface area contributed by atoms with E-state index in [1.807, 2.05) is 13.8 Å². The van der Waals surface area contributed by atoms with Crippen molar-refractivity contribution in [1.82, 2.24) is 0 Å². The molecule has 0 bridgehead atoms. The van der Waals surface area contributed by atoms with Crippen molar-refractivity contribution >= 4 is 6.09 Å². The number of ether oxygens (including phenoxy) is 2. The molecule has 18 heavy (non-hydrogen) atoms. The quantitative estimate of drug-likeness (QED) is 0.879. The van der Waals surface area contributed by atoms with Crippen LogP contribution in [0.3, 0.4) is 0 Å². The van der Waals surface area contributed by atoms with Gasteiger partial charge < -0.3 is 15.2 Å². The summed E-state index contributed by atoms with van der Waals surface area (Å²) in [7, 11) is 1.51. The third kappa shape index (κ3) is 3.70. The first kappa shape index (κ1) is 14.4. The normalized spacial score (nSPS) is 14.3. The number of rotatable bonds is 5. The molecule has 4 nitrogen and oxygen atoms in total. The van der Waals surface area contributed by atoms with E-state index >= 15 is 0 Å². The van der Waals surface area contributed by atoms with E-state index in [9.17, 15) is 9.18 Å². The second-order valence-electron chi connectivity index (χ2n) is 4.35. The van der Waals surface area contributed by atoms with E-state index in [4.69, 9.17) is 15.2 Å². The van der Waals surface area contributed by atoms with Gasteiger partial charge in [0.25, 0.3) is 0 Å². The molecule has 2 atom stereocenters. The summed E-state index contributed by atoms with van der Waals surface area (Å²) >= 11 is 0. The smallest absolute Gasteiger partial charge is 0.404 e. The largest absolute Gasteiger partial charge is 0.443 e. The third-order valence-corrected chi connectivity index (χ3v) is 2.66. The Balaban J connectivity index is 2.97. The summed E-state index contributed by atoms with van der Waals surface area (Å²) in [6, 6.07) is 5.87. The fraction of sp³-hybridized carbons (Fsp3) is 0.462. The standard InChI is InChI=1S/C13H18FNO3/c1-8(2)11(18-13(15)16)12(17-3)9-4-6-10(14)7-5-9/h4-8,11-12H,1-3H3,(H2,15,16). The van der Waals surface area contributed by atoms with Crippen molar-refractivity contribution in [1.29, 1.82) is 0 Å². The van der Waals surface area contributed by atoms with Gasteiger partial charge in [0.05, 0.1) is 0 Å². The molecule has 2 unspecified atom stereocenters. The average molecular weight is 255 g/mol. The SMILES string of the molecule is COC(c1ccc(F)cc1)C(OC(N)=O)C(C)C. The molecule has 0 radical (unpaired) electrons. The number of carbonyl (C=O) groups excluding carboxylic acids is 1. The number of carbonyl (C=O) groups is 1. The summed E-state index contributed by atoms with van der Waals surface area (Å²) in [6.45, 7) is 3.78. The van der Waals surface area contributed by atoms with Crippen molar-refractivity contribution in [2.75, 3.05) is 7.11 Å². The van der Waals surface area contributed by atoms with Crippen molar-refractivity contribution in [2.24, 2.45) is 11.7 Å². The van der Waals surface area contributed by atoms with E-state index in [-0.39, 0.29) is 11.7 Å². The topological polar surface area (TPSA) is 61.6 Å². The van der Waals surface area contributed by atoms with E-state index in [2.05, 4.69) is 0 Å². The summed E-state index contributed by atoms with van der Waals surface area (Å²) in [5.41, 5.74) is 5.78. The van der Waals surface area contributed by atoms with Crippen LogP contribution in [-0.2, 0) is 9.47 Å². The number of primary amides is 1. The Hall–Kier alpha value is -1.62. The Morgan fingerprint density at radius 1 is 1.28 bits per heavy atom. The van der Waals surface area contributed by atoms with Gasteiger partial charge in [0.2, 0.25) is 0 Å².